The molecule has 2 aromatic carbocycles. The highest BCUT2D eigenvalue weighted by Gasteiger charge is 2.29. The standard InChI is InChI=1S/C25H30N2O7S/c1-30-23-12-19(13-24(31-2)25(23)32-3)22-14-20(26-34-22)15-27(16-21-10-7-11-33-21)35(28,29)17-18-8-5-4-6-9-18/h4-6,8-9,12-14,21H,7,10-11,15-17H2,1-3H3. The normalized spacial score (nSPS) is 15.9. The second-order valence-electron chi connectivity index (χ2n) is 8.27. The minimum absolute atomic E-state index is 0.0724. The number of methoxy groups -OCH3 is 3. The number of benzene rings is 2. The zero-order chi connectivity index (χ0) is 24.8. The summed E-state index contributed by atoms with van der Waals surface area (Å²) in [6, 6.07) is 14.4. The van der Waals surface area contributed by atoms with Crippen LogP contribution < -0.4 is 14.2 Å². The molecule has 0 amide bonds. The minimum Gasteiger partial charge on any atom is -0.493 e. The lowest BCUT2D eigenvalue weighted by atomic mass is 10.1. The maximum atomic E-state index is 13.4. The molecular weight excluding hydrogens is 472 g/mol. The van der Waals surface area contributed by atoms with Crippen molar-refractivity contribution in [2.24, 2.45) is 0 Å². The number of ether oxygens (including phenoxy) is 4. The Morgan fingerprint density at radius 2 is 1.74 bits per heavy atom. The number of rotatable bonds is 11. The van der Waals surface area contributed by atoms with E-state index in [9.17, 15) is 8.42 Å². The molecule has 4 rings (SSSR count). The van der Waals surface area contributed by atoms with Crippen molar-refractivity contribution in [3.8, 4) is 28.6 Å². The van der Waals surface area contributed by atoms with Gasteiger partial charge in [-0.05, 0) is 30.5 Å². The molecule has 0 bridgehead atoms. The molecule has 1 saturated heterocycles. The third-order valence-corrected chi connectivity index (χ3v) is 7.63. The lowest BCUT2D eigenvalue weighted by Gasteiger charge is -2.24. The molecule has 35 heavy (non-hydrogen) atoms. The number of aromatic nitrogens is 1. The summed E-state index contributed by atoms with van der Waals surface area (Å²) >= 11 is 0. The second kappa shape index (κ2) is 11.1. The van der Waals surface area contributed by atoms with E-state index < -0.39 is 10.0 Å². The molecule has 0 saturated carbocycles. The van der Waals surface area contributed by atoms with Crippen LogP contribution in [0.15, 0.2) is 53.1 Å². The SMILES string of the molecule is COc1cc(-c2cc(CN(CC3CCCO3)S(=O)(=O)Cc3ccccc3)no2)cc(OC)c1OC. The van der Waals surface area contributed by atoms with E-state index in [0.717, 1.165) is 18.4 Å². The predicted molar refractivity (Wildman–Crippen MR) is 130 cm³/mol. The molecule has 3 aromatic rings. The Kier molecular flexibility index (Phi) is 7.94. The molecule has 1 atom stereocenters. The van der Waals surface area contributed by atoms with Gasteiger partial charge in [-0.1, -0.05) is 35.5 Å². The van der Waals surface area contributed by atoms with Crippen LogP contribution >= 0.6 is 0 Å². The fourth-order valence-electron chi connectivity index (χ4n) is 4.09. The third kappa shape index (κ3) is 5.95. The Hall–Kier alpha value is -3.08. The molecule has 0 radical (unpaired) electrons. The summed E-state index contributed by atoms with van der Waals surface area (Å²) in [5.41, 5.74) is 1.88. The van der Waals surface area contributed by atoms with Gasteiger partial charge < -0.3 is 23.5 Å². The molecule has 1 fully saturated rings. The topological polar surface area (TPSA) is 100 Å². The van der Waals surface area contributed by atoms with E-state index >= 15 is 0 Å². The zero-order valence-corrected chi connectivity index (χ0v) is 20.9. The number of sulfonamides is 1. The smallest absolute Gasteiger partial charge is 0.218 e. The number of hydrogen-bond donors (Lipinski definition) is 0. The Morgan fingerprint density at radius 3 is 2.34 bits per heavy atom. The number of hydrogen-bond acceptors (Lipinski definition) is 8. The van der Waals surface area contributed by atoms with Gasteiger partial charge in [-0.15, -0.1) is 0 Å². The van der Waals surface area contributed by atoms with Crippen molar-refractivity contribution in [2.45, 2.75) is 31.2 Å². The van der Waals surface area contributed by atoms with E-state index in [1.54, 1.807) is 30.3 Å². The molecule has 1 aliphatic heterocycles. The van der Waals surface area contributed by atoms with Gasteiger partial charge in [-0.2, -0.15) is 4.31 Å². The van der Waals surface area contributed by atoms with Gasteiger partial charge in [0.2, 0.25) is 15.8 Å². The molecule has 0 spiro atoms. The Morgan fingerprint density at radius 1 is 1.03 bits per heavy atom. The molecular formula is C25H30N2O7S. The van der Waals surface area contributed by atoms with E-state index in [2.05, 4.69) is 5.16 Å². The fraction of sp³-hybridized carbons (Fsp3) is 0.400. The predicted octanol–water partition coefficient (Wildman–Crippen LogP) is 3.88. The summed E-state index contributed by atoms with van der Waals surface area (Å²) in [4.78, 5) is 0. The Labute approximate surface area is 205 Å². The summed E-state index contributed by atoms with van der Waals surface area (Å²) in [6.45, 7) is 0.983. The van der Waals surface area contributed by atoms with E-state index in [4.69, 9.17) is 23.5 Å². The van der Waals surface area contributed by atoms with E-state index in [1.807, 2.05) is 18.2 Å². The van der Waals surface area contributed by atoms with E-state index in [1.165, 1.54) is 25.6 Å². The first-order valence-corrected chi connectivity index (χ1v) is 12.9. The molecule has 1 aromatic heterocycles. The van der Waals surface area contributed by atoms with Gasteiger partial charge in [0.05, 0.1) is 45.4 Å². The molecule has 10 heteroatoms. The largest absolute Gasteiger partial charge is 0.493 e. The first-order valence-electron chi connectivity index (χ1n) is 11.3. The van der Waals surface area contributed by atoms with Crippen molar-refractivity contribution in [2.75, 3.05) is 34.5 Å². The first kappa shape index (κ1) is 25.0. The average molecular weight is 503 g/mol. The molecule has 0 N–H and O–H groups in total. The lowest BCUT2D eigenvalue weighted by Crippen LogP contribution is -2.37. The van der Waals surface area contributed by atoms with E-state index in [-0.39, 0.29) is 24.9 Å². The zero-order valence-electron chi connectivity index (χ0n) is 20.1. The quantitative estimate of drug-likeness (QED) is 0.390. The monoisotopic (exact) mass is 502 g/mol. The summed E-state index contributed by atoms with van der Waals surface area (Å²) in [5, 5.41) is 4.15. The second-order valence-corrected chi connectivity index (χ2v) is 10.2. The van der Waals surface area contributed by atoms with Crippen LogP contribution in [0.2, 0.25) is 0 Å². The van der Waals surface area contributed by atoms with Crippen molar-refractivity contribution in [1.82, 2.24) is 9.46 Å². The van der Waals surface area contributed by atoms with Gasteiger partial charge in [-0.3, -0.25) is 0 Å². The van der Waals surface area contributed by atoms with Gasteiger partial charge in [-0.25, -0.2) is 8.42 Å². The van der Waals surface area contributed by atoms with Crippen LogP contribution in [0.4, 0.5) is 0 Å². The molecule has 0 aliphatic carbocycles. The highest BCUT2D eigenvalue weighted by atomic mass is 32.2. The summed E-state index contributed by atoms with van der Waals surface area (Å²) in [5.74, 6) is 1.78. The maximum Gasteiger partial charge on any atom is 0.218 e. The van der Waals surface area contributed by atoms with Gasteiger partial charge in [0.1, 0.15) is 0 Å². The van der Waals surface area contributed by atoms with Crippen LogP contribution in [-0.2, 0) is 27.1 Å². The lowest BCUT2D eigenvalue weighted by molar-refractivity contribution is 0.0921. The van der Waals surface area contributed by atoms with Crippen LogP contribution in [0.1, 0.15) is 24.1 Å². The molecule has 2 heterocycles. The van der Waals surface area contributed by atoms with Gasteiger partial charge in [0.25, 0.3) is 0 Å². The summed E-state index contributed by atoms with van der Waals surface area (Å²) in [6.07, 6.45) is 1.61. The van der Waals surface area contributed by atoms with Crippen molar-refractivity contribution in [1.29, 1.82) is 0 Å². The first-order chi connectivity index (χ1) is 16.9. The Bertz CT molecular complexity index is 1200. The van der Waals surface area contributed by atoms with Crippen molar-refractivity contribution >= 4 is 10.0 Å². The fourth-order valence-corrected chi connectivity index (χ4v) is 5.61. The third-order valence-electron chi connectivity index (χ3n) is 5.86. The van der Waals surface area contributed by atoms with Crippen molar-refractivity contribution < 1.29 is 31.9 Å². The number of nitrogens with zero attached hydrogens (tertiary/aromatic N) is 2. The Balaban J connectivity index is 1.59. The van der Waals surface area contributed by atoms with Crippen molar-refractivity contribution in [3.05, 3.63) is 59.8 Å². The van der Waals surface area contributed by atoms with Crippen LogP contribution in [0, 0.1) is 0 Å². The minimum atomic E-state index is -3.63. The highest BCUT2D eigenvalue weighted by molar-refractivity contribution is 7.88. The maximum absolute atomic E-state index is 13.4. The van der Waals surface area contributed by atoms with Crippen LogP contribution in [0.25, 0.3) is 11.3 Å². The molecule has 9 nitrogen and oxygen atoms in total. The summed E-state index contributed by atoms with van der Waals surface area (Å²) in [7, 11) is 0.972. The van der Waals surface area contributed by atoms with Gasteiger partial charge >= 0.3 is 0 Å². The molecule has 1 unspecified atom stereocenters. The van der Waals surface area contributed by atoms with Gasteiger partial charge in [0.15, 0.2) is 17.3 Å². The van der Waals surface area contributed by atoms with Crippen molar-refractivity contribution in [3.63, 3.8) is 0 Å². The van der Waals surface area contributed by atoms with E-state index in [0.29, 0.717) is 40.9 Å². The summed E-state index contributed by atoms with van der Waals surface area (Å²) < 4.78 is 55.7. The molecule has 1 aliphatic rings. The van der Waals surface area contributed by atoms with Crippen LogP contribution in [0.3, 0.4) is 0 Å². The van der Waals surface area contributed by atoms with Crippen LogP contribution in [0.5, 0.6) is 17.2 Å². The van der Waals surface area contributed by atoms with Crippen LogP contribution in [-0.4, -0.2) is 58.5 Å². The highest BCUT2D eigenvalue weighted by Crippen LogP contribution is 2.41. The van der Waals surface area contributed by atoms with Gasteiger partial charge in [0, 0.05) is 24.8 Å². The molecule has 188 valence electrons. The average Bonchev–Trinajstić information content (AvgIpc) is 3.55.